The number of aromatic amines is 1. The third-order valence-corrected chi connectivity index (χ3v) is 4.20. The number of phenolic OH excluding ortho intramolecular Hbond substituents is 1. The minimum absolute atomic E-state index is 0.0507. The predicted octanol–water partition coefficient (Wildman–Crippen LogP) is 3.24. The molecule has 0 atom stereocenters. The van der Waals surface area contributed by atoms with Gasteiger partial charge >= 0.3 is 0 Å². The summed E-state index contributed by atoms with van der Waals surface area (Å²) >= 11 is 3.39. The summed E-state index contributed by atoms with van der Waals surface area (Å²) in [4.78, 5) is 19.5. The van der Waals surface area contributed by atoms with E-state index in [0.29, 0.717) is 22.4 Å². The Morgan fingerprint density at radius 3 is 2.58 bits per heavy atom. The molecule has 0 bridgehead atoms. The number of fused-ring (bicyclic) bond motifs is 1. The largest absolute Gasteiger partial charge is 0.507 e. The van der Waals surface area contributed by atoms with Crippen molar-refractivity contribution in [3.63, 3.8) is 0 Å². The molecule has 0 aliphatic heterocycles. The Hall–Kier alpha value is -2.93. The number of benzene rings is 2. The normalized spacial score (nSPS) is 11.0. The highest BCUT2D eigenvalue weighted by atomic mass is 79.9. The number of aromatic nitrogens is 4. The van der Waals surface area contributed by atoms with Crippen LogP contribution in [0.25, 0.3) is 28.1 Å². The SMILES string of the molecule is O=c1[nH]c(-c2ccccc2O)nc2c1cnn2-c1ccc(Br)cc1. The Kier molecular flexibility index (Phi) is 3.42. The number of aromatic hydroxyl groups is 1. The second kappa shape index (κ2) is 5.61. The van der Waals surface area contributed by atoms with Gasteiger partial charge in [0.05, 0.1) is 17.4 Å². The zero-order valence-electron chi connectivity index (χ0n) is 12.3. The molecule has 0 amide bonds. The van der Waals surface area contributed by atoms with Crippen LogP contribution in [0.5, 0.6) is 5.75 Å². The molecule has 4 aromatic rings. The Bertz CT molecular complexity index is 1100. The molecule has 2 N–H and O–H groups in total. The Morgan fingerprint density at radius 1 is 1.08 bits per heavy atom. The maximum absolute atomic E-state index is 12.3. The van der Waals surface area contributed by atoms with Gasteiger partial charge < -0.3 is 10.1 Å². The topological polar surface area (TPSA) is 83.8 Å². The minimum atomic E-state index is -0.304. The predicted molar refractivity (Wildman–Crippen MR) is 94.3 cm³/mol. The number of hydrogen-bond acceptors (Lipinski definition) is 4. The number of hydrogen-bond donors (Lipinski definition) is 2. The molecule has 6 nitrogen and oxygen atoms in total. The second-order valence-electron chi connectivity index (χ2n) is 5.20. The van der Waals surface area contributed by atoms with Crippen molar-refractivity contribution in [3.05, 3.63) is 69.6 Å². The molecule has 0 aliphatic rings. The van der Waals surface area contributed by atoms with Crippen molar-refractivity contribution in [2.24, 2.45) is 0 Å². The summed E-state index contributed by atoms with van der Waals surface area (Å²) in [5.74, 6) is 0.346. The number of nitrogens with zero attached hydrogens (tertiary/aromatic N) is 3. The number of H-pyrrole nitrogens is 1. The van der Waals surface area contributed by atoms with Gasteiger partial charge in [-0.2, -0.15) is 5.10 Å². The number of phenols is 1. The number of nitrogens with one attached hydrogen (secondary N) is 1. The van der Waals surface area contributed by atoms with Crippen molar-refractivity contribution in [1.82, 2.24) is 19.7 Å². The zero-order chi connectivity index (χ0) is 16.7. The first-order valence-corrected chi connectivity index (χ1v) is 7.95. The van der Waals surface area contributed by atoms with Crippen LogP contribution in [0.15, 0.2) is 64.0 Å². The number of para-hydroxylation sites is 1. The van der Waals surface area contributed by atoms with E-state index in [1.165, 1.54) is 6.20 Å². The second-order valence-corrected chi connectivity index (χ2v) is 6.12. The van der Waals surface area contributed by atoms with Crippen molar-refractivity contribution >= 4 is 27.0 Å². The Morgan fingerprint density at radius 2 is 1.83 bits per heavy atom. The van der Waals surface area contributed by atoms with E-state index in [-0.39, 0.29) is 11.3 Å². The van der Waals surface area contributed by atoms with E-state index in [9.17, 15) is 9.90 Å². The molecule has 0 saturated carbocycles. The van der Waals surface area contributed by atoms with Crippen LogP contribution in [0.2, 0.25) is 0 Å². The van der Waals surface area contributed by atoms with Crippen LogP contribution in [0.1, 0.15) is 0 Å². The monoisotopic (exact) mass is 382 g/mol. The van der Waals surface area contributed by atoms with Crippen molar-refractivity contribution in [2.45, 2.75) is 0 Å². The fourth-order valence-electron chi connectivity index (χ4n) is 2.49. The maximum atomic E-state index is 12.3. The number of rotatable bonds is 2. The molecule has 4 rings (SSSR count). The van der Waals surface area contributed by atoms with Crippen LogP contribution in [0.3, 0.4) is 0 Å². The molecule has 2 aromatic carbocycles. The van der Waals surface area contributed by atoms with Gasteiger partial charge in [0.1, 0.15) is 17.0 Å². The van der Waals surface area contributed by atoms with Crippen LogP contribution < -0.4 is 5.56 Å². The standard InChI is InChI=1S/C17H11BrN4O2/c18-10-5-7-11(8-6-10)22-16-13(9-19-22)17(24)21-15(20-16)12-3-1-2-4-14(12)23/h1-9,23H,(H,20,21,24). The van der Waals surface area contributed by atoms with Gasteiger partial charge in [-0.05, 0) is 36.4 Å². The Labute approximate surface area is 144 Å². The van der Waals surface area contributed by atoms with Crippen LogP contribution in [-0.2, 0) is 0 Å². The van der Waals surface area contributed by atoms with E-state index in [0.717, 1.165) is 10.2 Å². The van der Waals surface area contributed by atoms with E-state index in [1.807, 2.05) is 24.3 Å². The summed E-state index contributed by atoms with van der Waals surface area (Å²) in [7, 11) is 0. The summed E-state index contributed by atoms with van der Waals surface area (Å²) in [6.07, 6.45) is 1.48. The molecule has 0 aliphatic carbocycles. The fourth-order valence-corrected chi connectivity index (χ4v) is 2.76. The van der Waals surface area contributed by atoms with E-state index in [4.69, 9.17) is 0 Å². The summed E-state index contributed by atoms with van der Waals surface area (Å²) in [5, 5.41) is 14.7. The molecule has 2 heterocycles. The van der Waals surface area contributed by atoms with Crippen molar-refractivity contribution in [2.75, 3.05) is 0 Å². The van der Waals surface area contributed by atoms with Gasteiger partial charge in [0, 0.05) is 4.47 Å². The fraction of sp³-hybridized carbons (Fsp3) is 0. The lowest BCUT2D eigenvalue weighted by atomic mass is 10.2. The lowest BCUT2D eigenvalue weighted by Gasteiger charge is -2.06. The molecule has 0 unspecified atom stereocenters. The molecule has 0 fully saturated rings. The summed E-state index contributed by atoms with van der Waals surface area (Å²) < 4.78 is 2.55. The van der Waals surface area contributed by atoms with Crippen molar-refractivity contribution in [3.8, 4) is 22.8 Å². The first-order chi connectivity index (χ1) is 11.6. The van der Waals surface area contributed by atoms with Gasteiger partial charge in [-0.1, -0.05) is 28.1 Å². The third-order valence-electron chi connectivity index (χ3n) is 3.67. The lowest BCUT2D eigenvalue weighted by molar-refractivity contribution is 0.477. The molecule has 7 heteroatoms. The summed E-state index contributed by atoms with van der Waals surface area (Å²) in [5.41, 5.74) is 1.37. The van der Waals surface area contributed by atoms with Gasteiger partial charge in [-0.15, -0.1) is 0 Å². The van der Waals surface area contributed by atoms with Crippen molar-refractivity contribution in [1.29, 1.82) is 0 Å². The molecule has 2 aromatic heterocycles. The lowest BCUT2D eigenvalue weighted by Crippen LogP contribution is -2.10. The van der Waals surface area contributed by atoms with Gasteiger partial charge in [0.15, 0.2) is 5.65 Å². The molecular weight excluding hydrogens is 372 g/mol. The van der Waals surface area contributed by atoms with Gasteiger partial charge in [-0.25, -0.2) is 9.67 Å². The summed E-state index contributed by atoms with van der Waals surface area (Å²) in [6.45, 7) is 0. The molecular formula is C17H11BrN4O2. The van der Waals surface area contributed by atoms with E-state index in [1.54, 1.807) is 28.9 Å². The minimum Gasteiger partial charge on any atom is -0.507 e. The van der Waals surface area contributed by atoms with Gasteiger partial charge in [0.25, 0.3) is 5.56 Å². The summed E-state index contributed by atoms with van der Waals surface area (Å²) in [6, 6.07) is 14.2. The molecule has 0 saturated heterocycles. The van der Waals surface area contributed by atoms with Crippen LogP contribution in [0, 0.1) is 0 Å². The van der Waals surface area contributed by atoms with Crippen LogP contribution >= 0.6 is 15.9 Å². The Balaban J connectivity index is 1.97. The van der Waals surface area contributed by atoms with E-state index >= 15 is 0 Å². The molecule has 118 valence electrons. The maximum Gasteiger partial charge on any atom is 0.262 e. The van der Waals surface area contributed by atoms with Gasteiger partial charge in [-0.3, -0.25) is 4.79 Å². The van der Waals surface area contributed by atoms with Crippen molar-refractivity contribution < 1.29 is 5.11 Å². The van der Waals surface area contributed by atoms with Crippen LogP contribution in [0.4, 0.5) is 0 Å². The zero-order valence-corrected chi connectivity index (χ0v) is 13.9. The highest BCUT2D eigenvalue weighted by molar-refractivity contribution is 9.10. The first kappa shape index (κ1) is 14.6. The average molecular weight is 383 g/mol. The highest BCUT2D eigenvalue weighted by Gasteiger charge is 2.14. The molecule has 0 radical (unpaired) electrons. The molecule has 24 heavy (non-hydrogen) atoms. The van der Waals surface area contributed by atoms with E-state index in [2.05, 4.69) is 31.0 Å². The first-order valence-electron chi connectivity index (χ1n) is 7.16. The quantitative estimate of drug-likeness (QED) is 0.557. The van der Waals surface area contributed by atoms with Gasteiger partial charge in [0.2, 0.25) is 0 Å². The average Bonchev–Trinajstić information content (AvgIpc) is 3.00. The van der Waals surface area contributed by atoms with Crippen LogP contribution in [-0.4, -0.2) is 24.9 Å². The number of halogens is 1. The van der Waals surface area contributed by atoms with E-state index < -0.39 is 0 Å². The smallest absolute Gasteiger partial charge is 0.262 e. The molecule has 0 spiro atoms. The third kappa shape index (κ3) is 2.39. The highest BCUT2D eigenvalue weighted by Crippen LogP contribution is 2.26.